The first-order valence-electron chi connectivity index (χ1n) is 8.12. The molecule has 0 unspecified atom stereocenters. The molecule has 1 aliphatic heterocycles. The fourth-order valence-electron chi connectivity index (χ4n) is 3.23. The maximum absolute atomic E-state index is 13.2. The summed E-state index contributed by atoms with van der Waals surface area (Å²) in [5, 5.41) is 4.30. The summed E-state index contributed by atoms with van der Waals surface area (Å²) in [4.78, 5) is 0.328. The summed E-state index contributed by atoms with van der Waals surface area (Å²) < 4.78 is 35.3. The monoisotopic (exact) mass is 349 g/mol. The van der Waals surface area contributed by atoms with E-state index in [1.807, 2.05) is 33.2 Å². The molecule has 0 bridgehead atoms. The number of fused-ring (bicyclic) bond motifs is 1. The lowest BCUT2D eigenvalue weighted by Crippen LogP contribution is -2.42. The van der Waals surface area contributed by atoms with Crippen molar-refractivity contribution in [3.8, 4) is 0 Å². The molecule has 0 aliphatic carbocycles. The van der Waals surface area contributed by atoms with E-state index in [1.54, 1.807) is 27.2 Å². The highest BCUT2D eigenvalue weighted by Crippen LogP contribution is 2.34. The molecule has 1 aromatic heterocycles. The zero-order valence-corrected chi connectivity index (χ0v) is 15.1. The minimum atomic E-state index is -3.59. The molecule has 6 nitrogen and oxygen atoms in total. The van der Waals surface area contributed by atoms with E-state index in [0.29, 0.717) is 31.1 Å². The van der Waals surface area contributed by atoms with Crippen LogP contribution >= 0.6 is 0 Å². The fourth-order valence-corrected chi connectivity index (χ4v) is 4.91. The number of hydrogen-bond donors (Lipinski definition) is 0. The lowest BCUT2D eigenvalue weighted by Gasteiger charge is -2.35. The van der Waals surface area contributed by atoms with Gasteiger partial charge in [0.2, 0.25) is 10.0 Å². The van der Waals surface area contributed by atoms with E-state index in [4.69, 9.17) is 4.74 Å². The SMILES string of the molecule is CCOC[C@@H]1c2c(cnn2C)CCN1S(=O)(=O)c1cccc(C)c1. The van der Waals surface area contributed by atoms with Gasteiger partial charge in [0, 0.05) is 20.2 Å². The van der Waals surface area contributed by atoms with Gasteiger partial charge in [0.1, 0.15) is 0 Å². The van der Waals surface area contributed by atoms with Gasteiger partial charge in [-0.25, -0.2) is 8.42 Å². The second kappa shape index (κ2) is 6.66. The van der Waals surface area contributed by atoms with Gasteiger partial charge < -0.3 is 4.74 Å². The summed E-state index contributed by atoms with van der Waals surface area (Å²) in [6, 6.07) is 6.68. The van der Waals surface area contributed by atoms with Crippen molar-refractivity contribution in [3.63, 3.8) is 0 Å². The van der Waals surface area contributed by atoms with E-state index >= 15 is 0 Å². The minimum Gasteiger partial charge on any atom is -0.380 e. The molecule has 0 fully saturated rings. The van der Waals surface area contributed by atoms with Gasteiger partial charge >= 0.3 is 0 Å². The molecule has 0 N–H and O–H groups in total. The molecule has 2 aromatic rings. The van der Waals surface area contributed by atoms with Gasteiger partial charge in [-0.1, -0.05) is 12.1 Å². The van der Waals surface area contributed by atoms with Crippen LogP contribution in [0.4, 0.5) is 0 Å². The molecule has 3 rings (SSSR count). The number of sulfonamides is 1. The van der Waals surface area contributed by atoms with E-state index < -0.39 is 10.0 Å². The summed E-state index contributed by atoms with van der Waals surface area (Å²) in [6.07, 6.45) is 2.49. The fraction of sp³-hybridized carbons (Fsp3) is 0.471. The summed E-state index contributed by atoms with van der Waals surface area (Å²) >= 11 is 0. The van der Waals surface area contributed by atoms with Gasteiger partial charge in [-0.15, -0.1) is 0 Å². The number of aromatic nitrogens is 2. The van der Waals surface area contributed by atoms with E-state index in [1.165, 1.54) is 0 Å². The predicted octanol–water partition coefficient (Wildman–Crippen LogP) is 2.05. The lowest BCUT2D eigenvalue weighted by molar-refractivity contribution is 0.0905. The molecule has 0 saturated carbocycles. The van der Waals surface area contributed by atoms with Crippen LogP contribution in [0.2, 0.25) is 0 Å². The lowest BCUT2D eigenvalue weighted by atomic mass is 10.0. The van der Waals surface area contributed by atoms with Crippen LogP contribution in [0.3, 0.4) is 0 Å². The van der Waals surface area contributed by atoms with Crippen LogP contribution in [0.5, 0.6) is 0 Å². The highest BCUT2D eigenvalue weighted by Gasteiger charge is 2.38. The highest BCUT2D eigenvalue weighted by atomic mass is 32.2. The van der Waals surface area contributed by atoms with E-state index in [0.717, 1.165) is 16.8 Å². The number of aryl methyl sites for hydroxylation is 2. The van der Waals surface area contributed by atoms with Gasteiger partial charge in [0.25, 0.3) is 0 Å². The maximum Gasteiger partial charge on any atom is 0.243 e. The highest BCUT2D eigenvalue weighted by molar-refractivity contribution is 7.89. The molecule has 0 spiro atoms. The Morgan fingerprint density at radius 3 is 2.88 bits per heavy atom. The topological polar surface area (TPSA) is 64.4 Å². The molecule has 2 heterocycles. The summed E-state index contributed by atoms with van der Waals surface area (Å²) in [5.41, 5.74) is 2.94. The molecular weight excluding hydrogens is 326 g/mol. The zero-order valence-electron chi connectivity index (χ0n) is 14.3. The Bertz CT molecular complexity index is 829. The number of ether oxygens (including phenoxy) is 1. The van der Waals surface area contributed by atoms with Crippen LogP contribution in [0.25, 0.3) is 0 Å². The Balaban J connectivity index is 2.04. The van der Waals surface area contributed by atoms with Gasteiger partial charge in [-0.3, -0.25) is 4.68 Å². The largest absolute Gasteiger partial charge is 0.380 e. The number of nitrogens with zero attached hydrogens (tertiary/aromatic N) is 3. The average molecular weight is 349 g/mol. The van der Waals surface area contributed by atoms with Crippen LogP contribution in [0.1, 0.15) is 29.8 Å². The van der Waals surface area contributed by atoms with Crippen molar-refractivity contribution in [2.24, 2.45) is 7.05 Å². The number of hydrogen-bond acceptors (Lipinski definition) is 4. The van der Waals surface area contributed by atoms with Crippen LogP contribution in [-0.2, 0) is 28.2 Å². The average Bonchev–Trinajstić information content (AvgIpc) is 2.94. The van der Waals surface area contributed by atoms with Crippen LogP contribution < -0.4 is 0 Å². The summed E-state index contributed by atoms with van der Waals surface area (Å²) in [7, 11) is -1.74. The predicted molar refractivity (Wildman–Crippen MR) is 91.2 cm³/mol. The second-order valence-corrected chi connectivity index (χ2v) is 7.93. The van der Waals surface area contributed by atoms with Crippen LogP contribution in [0, 0.1) is 6.92 Å². The first-order valence-corrected chi connectivity index (χ1v) is 9.56. The van der Waals surface area contributed by atoms with Crippen molar-refractivity contribution in [2.75, 3.05) is 19.8 Å². The maximum atomic E-state index is 13.2. The molecule has 1 aliphatic rings. The number of benzene rings is 1. The Hall–Kier alpha value is -1.70. The van der Waals surface area contributed by atoms with Crippen molar-refractivity contribution in [2.45, 2.75) is 31.2 Å². The van der Waals surface area contributed by atoms with Gasteiger partial charge in [0.15, 0.2) is 0 Å². The summed E-state index contributed by atoms with van der Waals surface area (Å²) in [6.45, 7) is 5.11. The van der Waals surface area contributed by atoms with Crippen molar-refractivity contribution in [1.82, 2.24) is 14.1 Å². The van der Waals surface area contributed by atoms with Crippen molar-refractivity contribution >= 4 is 10.0 Å². The molecule has 0 radical (unpaired) electrons. The molecular formula is C17H23N3O3S. The first-order chi connectivity index (χ1) is 11.4. The van der Waals surface area contributed by atoms with Gasteiger partial charge in [-0.2, -0.15) is 9.40 Å². The molecule has 1 aromatic carbocycles. The normalized spacial score (nSPS) is 18.5. The first kappa shape index (κ1) is 17.1. The van der Waals surface area contributed by atoms with Gasteiger partial charge in [-0.05, 0) is 43.5 Å². The molecule has 130 valence electrons. The molecule has 0 saturated heterocycles. The molecule has 7 heteroatoms. The second-order valence-electron chi connectivity index (χ2n) is 6.04. The Morgan fingerprint density at radius 1 is 1.38 bits per heavy atom. The standard InChI is InChI=1S/C17H23N3O3S/c1-4-23-12-16-17-14(11-18-19(17)3)8-9-20(16)24(21,22)15-7-5-6-13(2)10-15/h5-7,10-11,16H,4,8-9,12H2,1-3H3/t16-/m1/s1. The van der Waals surface area contributed by atoms with Crippen LogP contribution in [0.15, 0.2) is 35.4 Å². The van der Waals surface area contributed by atoms with Gasteiger partial charge in [0.05, 0.1) is 29.4 Å². The molecule has 1 atom stereocenters. The Labute approximate surface area is 143 Å². The third kappa shape index (κ3) is 2.99. The molecule has 24 heavy (non-hydrogen) atoms. The van der Waals surface area contributed by atoms with E-state index in [-0.39, 0.29) is 6.04 Å². The van der Waals surface area contributed by atoms with Crippen LogP contribution in [-0.4, -0.2) is 42.3 Å². The Morgan fingerprint density at radius 2 is 2.17 bits per heavy atom. The smallest absolute Gasteiger partial charge is 0.243 e. The van der Waals surface area contributed by atoms with E-state index in [9.17, 15) is 8.42 Å². The van der Waals surface area contributed by atoms with Crippen molar-refractivity contribution < 1.29 is 13.2 Å². The third-order valence-corrected chi connectivity index (χ3v) is 6.31. The van der Waals surface area contributed by atoms with Crippen molar-refractivity contribution in [1.29, 1.82) is 0 Å². The summed E-state index contributed by atoms with van der Waals surface area (Å²) in [5.74, 6) is 0. The minimum absolute atomic E-state index is 0.327. The third-order valence-electron chi connectivity index (χ3n) is 4.41. The van der Waals surface area contributed by atoms with E-state index in [2.05, 4.69) is 5.10 Å². The molecule has 0 amide bonds. The Kier molecular flexibility index (Phi) is 4.76. The quantitative estimate of drug-likeness (QED) is 0.829. The zero-order chi connectivity index (χ0) is 17.3. The number of rotatable bonds is 5. The van der Waals surface area contributed by atoms with Crippen molar-refractivity contribution in [3.05, 3.63) is 47.3 Å².